The van der Waals surface area contributed by atoms with Crippen LogP contribution in [0.15, 0.2) is 18.2 Å². The molecule has 0 saturated heterocycles. The number of hydrogen-bond acceptors (Lipinski definition) is 6. The molecule has 1 atom stereocenters. The molecular weight excluding hydrogens is 338 g/mol. The second kappa shape index (κ2) is 6.07. The van der Waals surface area contributed by atoms with E-state index in [1.165, 1.54) is 11.3 Å². The number of nitrogens with zero attached hydrogens (tertiary/aromatic N) is 1. The third-order valence-corrected chi connectivity index (χ3v) is 5.49. The third-order valence-electron chi connectivity index (χ3n) is 4.37. The van der Waals surface area contributed by atoms with E-state index < -0.39 is 0 Å². The number of nitrogens with one attached hydrogen (secondary N) is 1. The summed E-state index contributed by atoms with van der Waals surface area (Å²) in [6.45, 7) is 5.07. The van der Waals surface area contributed by atoms with Gasteiger partial charge in [0, 0.05) is 22.9 Å². The minimum Gasteiger partial charge on any atom is -0.486 e. The Morgan fingerprint density at radius 1 is 1.32 bits per heavy atom. The maximum atomic E-state index is 12.5. The molecule has 0 unspecified atom stereocenters. The van der Waals surface area contributed by atoms with Gasteiger partial charge in [-0.05, 0) is 25.5 Å². The lowest BCUT2D eigenvalue weighted by molar-refractivity contribution is 0.0944. The van der Waals surface area contributed by atoms with Gasteiger partial charge in [-0.1, -0.05) is 6.92 Å². The van der Waals surface area contributed by atoms with Crippen LogP contribution in [-0.2, 0) is 0 Å². The predicted octanol–water partition coefficient (Wildman–Crippen LogP) is 3.33. The molecule has 4 rings (SSSR count). The molecule has 0 radical (unpaired) electrons. The van der Waals surface area contributed by atoms with Crippen molar-refractivity contribution in [2.24, 2.45) is 0 Å². The Balaban J connectivity index is 1.82. The van der Waals surface area contributed by atoms with E-state index in [2.05, 4.69) is 10.3 Å². The standard InChI is InChI=1S/C18H19N3O3S/c1-3-9(2)20-17(22)16-15(19)11-6-10-7-13-14(24-5-4-23-13)8-12(10)21-18(11)25-16/h6-9H,3-5,19H2,1-2H3,(H,20,22)/t9-/m1/s1. The van der Waals surface area contributed by atoms with Crippen molar-refractivity contribution in [2.75, 3.05) is 18.9 Å². The number of fused-ring (bicyclic) bond motifs is 3. The lowest BCUT2D eigenvalue weighted by Gasteiger charge is -2.18. The van der Waals surface area contributed by atoms with Crippen molar-refractivity contribution < 1.29 is 14.3 Å². The van der Waals surface area contributed by atoms with Crippen molar-refractivity contribution in [2.45, 2.75) is 26.3 Å². The van der Waals surface area contributed by atoms with Crippen LogP contribution in [0.4, 0.5) is 5.69 Å². The van der Waals surface area contributed by atoms with Crippen molar-refractivity contribution >= 4 is 44.1 Å². The van der Waals surface area contributed by atoms with Gasteiger partial charge < -0.3 is 20.5 Å². The molecule has 6 nitrogen and oxygen atoms in total. The zero-order chi connectivity index (χ0) is 17.6. The maximum Gasteiger partial charge on any atom is 0.263 e. The second-order valence-electron chi connectivity index (χ2n) is 6.16. The highest BCUT2D eigenvalue weighted by molar-refractivity contribution is 7.21. The van der Waals surface area contributed by atoms with Crippen molar-refractivity contribution in [3.05, 3.63) is 23.1 Å². The van der Waals surface area contributed by atoms with E-state index in [4.69, 9.17) is 15.2 Å². The number of ether oxygens (including phenoxy) is 2. The largest absolute Gasteiger partial charge is 0.486 e. The quantitative estimate of drug-likeness (QED) is 0.751. The highest BCUT2D eigenvalue weighted by Gasteiger charge is 2.20. The molecule has 7 heteroatoms. The summed E-state index contributed by atoms with van der Waals surface area (Å²) in [7, 11) is 0. The van der Waals surface area contributed by atoms with Gasteiger partial charge in [-0.25, -0.2) is 4.98 Å². The van der Waals surface area contributed by atoms with Gasteiger partial charge in [0.15, 0.2) is 11.5 Å². The molecule has 1 aliphatic rings. The van der Waals surface area contributed by atoms with E-state index >= 15 is 0 Å². The fraction of sp³-hybridized carbons (Fsp3) is 0.333. The van der Waals surface area contributed by atoms with E-state index in [0.29, 0.717) is 35.3 Å². The Kier molecular flexibility index (Phi) is 3.88. The van der Waals surface area contributed by atoms with Crippen LogP contribution in [0, 0.1) is 0 Å². The Morgan fingerprint density at radius 3 is 2.76 bits per heavy atom. The summed E-state index contributed by atoms with van der Waals surface area (Å²) >= 11 is 1.32. The van der Waals surface area contributed by atoms with Crippen molar-refractivity contribution in [3.63, 3.8) is 0 Å². The second-order valence-corrected chi connectivity index (χ2v) is 7.16. The Labute approximate surface area is 148 Å². The first-order chi connectivity index (χ1) is 12.1. The number of hydrogen-bond donors (Lipinski definition) is 2. The third kappa shape index (κ3) is 2.74. The van der Waals surface area contributed by atoms with Crippen LogP contribution in [0.25, 0.3) is 21.1 Å². The molecule has 0 bridgehead atoms. The topological polar surface area (TPSA) is 86.5 Å². The van der Waals surface area contributed by atoms with Gasteiger partial charge in [-0.3, -0.25) is 4.79 Å². The highest BCUT2D eigenvalue weighted by Crippen LogP contribution is 2.38. The van der Waals surface area contributed by atoms with E-state index in [9.17, 15) is 4.79 Å². The molecule has 130 valence electrons. The number of carbonyl (C=O) groups excluding carboxylic acids is 1. The first kappa shape index (κ1) is 16.0. The minimum absolute atomic E-state index is 0.102. The summed E-state index contributed by atoms with van der Waals surface area (Å²) in [6.07, 6.45) is 0.865. The van der Waals surface area contributed by atoms with Crippen LogP contribution in [0.2, 0.25) is 0 Å². The number of nitrogen functional groups attached to an aromatic ring is 1. The number of benzene rings is 1. The fourth-order valence-electron chi connectivity index (χ4n) is 2.80. The van der Waals surface area contributed by atoms with Crippen molar-refractivity contribution in [1.82, 2.24) is 10.3 Å². The molecule has 25 heavy (non-hydrogen) atoms. The molecule has 3 N–H and O–H groups in total. The molecule has 0 aliphatic carbocycles. The molecule has 0 spiro atoms. The molecule has 3 aromatic rings. The number of rotatable bonds is 3. The summed E-state index contributed by atoms with van der Waals surface area (Å²) in [5.41, 5.74) is 7.51. The average Bonchev–Trinajstić information content (AvgIpc) is 2.94. The van der Waals surface area contributed by atoms with Crippen LogP contribution >= 0.6 is 11.3 Å². The molecule has 0 fully saturated rings. The summed E-state index contributed by atoms with van der Waals surface area (Å²) in [5.74, 6) is 1.26. The molecule has 1 aromatic carbocycles. The lowest BCUT2D eigenvalue weighted by Crippen LogP contribution is -2.31. The molecular formula is C18H19N3O3S. The Hall–Kier alpha value is -2.54. The van der Waals surface area contributed by atoms with E-state index in [1.807, 2.05) is 32.0 Å². The lowest BCUT2D eigenvalue weighted by atomic mass is 10.1. The van der Waals surface area contributed by atoms with Gasteiger partial charge in [0.1, 0.15) is 22.9 Å². The first-order valence-electron chi connectivity index (χ1n) is 8.30. The normalized spacial score (nSPS) is 14.6. The SMILES string of the molecule is CC[C@@H](C)NC(=O)c1sc2nc3cc4c(cc3cc2c1N)OCCO4. The minimum atomic E-state index is -0.148. The molecule has 2 aromatic heterocycles. The maximum absolute atomic E-state index is 12.5. The fourth-order valence-corrected chi connectivity index (χ4v) is 3.79. The van der Waals surface area contributed by atoms with Gasteiger partial charge in [0.05, 0.1) is 11.2 Å². The van der Waals surface area contributed by atoms with Gasteiger partial charge in [-0.2, -0.15) is 0 Å². The van der Waals surface area contributed by atoms with Gasteiger partial charge in [-0.15, -0.1) is 11.3 Å². The monoisotopic (exact) mass is 357 g/mol. The number of anilines is 1. The summed E-state index contributed by atoms with van der Waals surface area (Å²) < 4.78 is 11.2. The molecule has 3 heterocycles. The van der Waals surface area contributed by atoms with Crippen molar-refractivity contribution in [3.8, 4) is 11.5 Å². The van der Waals surface area contributed by atoms with E-state index in [1.54, 1.807) is 0 Å². The number of nitrogens with two attached hydrogens (primary N) is 1. The van der Waals surface area contributed by atoms with Crippen LogP contribution in [-0.4, -0.2) is 30.1 Å². The number of thiophene rings is 1. The highest BCUT2D eigenvalue weighted by atomic mass is 32.1. The number of pyridine rings is 1. The Morgan fingerprint density at radius 2 is 2.04 bits per heavy atom. The van der Waals surface area contributed by atoms with Crippen LogP contribution in [0.3, 0.4) is 0 Å². The predicted molar refractivity (Wildman–Crippen MR) is 99.7 cm³/mol. The van der Waals surface area contributed by atoms with Crippen LogP contribution in [0.5, 0.6) is 11.5 Å². The number of amides is 1. The van der Waals surface area contributed by atoms with Crippen LogP contribution < -0.4 is 20.5 Å². The van der Waals surface area contributed by atoms with Gasteiger partial charge in [0.2, 0.25) is 0 Å². The van der Waals surface area contributed by atoms with Crippen LogP contribution in [0.1, 0.15) is 29.9 Å². The summed E-state index contributed by atoms with van der Waals surface area (Å²) in [6, 6.07) is 5.84. The van der Waals surface area contributed by atoms with Crippen molar-refractivity contribution in [1.29, 1.82) is 0 Å². The smallest absolute Gasteiger partial charge is 0.263 e. The average molecular weight is 357 g/mol. The van der Waals surface area contributed by atoms with Gasteiger partial charge in [0.25, 0.3) is 5.91 Å². The number of carbonyl (C=O) groups is 1. The molecule has 0 saturated carbocycles. The van der Waals surface area contributed by atoms with E-state index in [0.717, 1.165) is 27.5 Å². The zero-order valence-electron chi connectivity index (χ0n) is 14.1. The summed E-state index contributed by atoms with van der Waals surface area (Å²) in [5, 5.41) is 4.66. The number of aromatic nitrogens is 1. The van der Waals surface area contributed by atoms with Gasteiger partial charge >= 0.3 is 0 Å². The molecule has 1 amide bonds. The summed E-state index contributed by atoms with van der Waals surface area (Å²) in [4.78, 5) is 18.4. The zero-order valence-corrected chi connectivity index (χ0v) is 14.9. The first-order valence-corrected chi connectivity index (χ1v) is 9.11. The van der Waals surface area contributed by atoms with E-state index in [-0.39, 0.29) is 11.9 Å². The molecule has 1 aliphatic heterocycles. The Bertz CT molecular complexity index is 983.